The van der Waals surface area contributed by atoms with Crippen LogP contribution in [0.2, 0.25) is 15.3 Å². The fraction of sp³-hybridized carbons (Fsp3) is 0.188. The van der Waals surface area contributed by atoms with Crippen LogP contribution in [0.3, 0.4) is 0 Å². The van der Waals surface area contributed by atoms with Gasteiger partial charge in [-0.25, -0.2) is 4.98 Å². The fourth-order valence-corrected chi connectivity index (χ4v) is 2.74. The molecule has 2 aromatic rings. The highest BCUT2D eigenvalue weighted by Gasteiger charge is 2.24. The standard InChI is InChI=1S/C16H12Cl3N3O2/c17-12-7-9(3-4-10(12)15(23)20-8-1-2-8)21-16(24)11-5-6-13(18)22-14(11)19/h3-8H,1-2H2,(H,20,23)(H,21,24). The van der Waals surface area contributed by atoms with Gasteiger partial charge >= 0.3 is 0 Å². The lowest BCUT2D eigenvalue weighted by Gasteiger charge is -2.09. The molecule has 3 rings (SSSR count). The molecule has 0 bridgehead atoms. The topological polar surface area (TPSA) is 71.1 Å². The third-order valence-electron chi connectivity index (χ3n) is 3.44. The summed E-state index contributed by atoms with van der Waals surface area (Å²) in [6.07, 6.45) is 1.99. The van der Waals surface area contributed by atoms with Gasteiger partial charge in [0.1, 0.15) is 10.3 Å². The van der Waals surface area contributed by atoms with Gasteiger partial charge in [0.15, 0.2) is 0 Å². The van der Waals surface area contributed by atoms with Gasteiger partial charge in [-0.1, -0.05) is 34.8 Å². The number of nitrogens with zero attached hydrogens (tertiary/aromatic N) is 1. The van der Waals surface area contributed by atoms with E-state index in [0.717, 1.165) is 12.8 Å². The highest BCUT2D eigenvalue weighted by molar-refractivity contribution is 6.35. The summed E-state index contributed by atoms with van der Waals surface area (Å²) in [7, 11) is 0. The molecule has 5 nitrogen and oxygen atoms in total. The van der Waals surface area contributed by atoms with Gasteiger partial charge in [-0.15, -0.1) is 0 Å². The van der Waals surface area contributed by atoms with Gasteiger partial charge in [-0.3, -0.25) is 9.59 Å². The van der Waals surface area contributed by atoms with E-state index in [2.05, 4.69) is 15.6 Å². The molecule has 1 aromatic heterocycles. The van der Waals surface area contributed by atoms with Crippen molar-refractivity contribution in [3.05, 3.63) is 56.8 Å². The zero-order valence-corrected chi connectivity index (χ0v) is 14.5. The van der Waals surface area contributed by atoms with E-state index in [-0.39, 0.29) is 32.8 Å². The molecular formula is C16H12Cl3N3O2. The summed E-state index contributed by atoms with van der Waals surface area (Å²) in [5.74, 6) is -0.666. The maximum Gasteiger partial charge on any atom is 0.258 e. The molecule has 2 N–H and O–H groups in total. The second kappa shape index (κ2) is 6.97. The number of aromatic nitrogens is 1. The summed E-state index contributed by atoms with van der Waals surface area (Å²) >= 11 is 17.8. The van der Waals surface area contributed by atoms with Gasteiger partial charge in [-0.2, -0.15) is 0 Å². The lowest BCUT2D eigenvalue weighted by Crippen LogP contribution is -2.25. The Morgan fingerprint density at radius 1 is 1.00 bits per heavy atom. The number of carbonyl (C=O) groups is 2. The lowest BCUT2D eigenvalue weighted by atomic mass is 10.1. The number of benzene rings is 1. The Balaban J connectivity index is 1.74. The number of hydrogen-bond acceptors (Lipinski definition) is 3. The number of halogens is 3. The first-order valence-electron chi connectivity index (χ1n) is 7.18. The molecule has 1 aliphatic carbocycles. The van der Waals surface area contributed by atoms with Crippen molar-refractivity contribution in [3.63, 3.8) is 0 Å². The van der Waals surface area contributed by atoms with Crippen LogP contribution in [0.5, 0.6) is 0 Å². The van der Waals surface area contributed by atoms with E-state index in [1.807, 2.05) is 0 Å². The zero-order valence-electron chi connectivity index (χ0n) is 12.3. The molecule has 0 saturated heterocycles. The lowest BCUT2D eigenvalue weighted by molar-refractivity contribution is 0.0950. The average molecular weight is 385 g/mol. The van der Waals surface area contributed by atoms with E-state index in [1.165, 1.54) is 18.2 Å². The number of pyridine rings is 1. The molecule has 0 spiro atoms. The smallest absolute Gasteiger partial charge is 0.258 e. The Hall–Kier alpha value is -1.82. The molecule has 0 atom stereocenters. The highest BCUT2D eigenvalue weighted by atomic mass is 35.5. The minimum absolute atomic E-state index is 0.00604. The Kier molecular flexibility index (Phi) is 4.94. The predicted molar refractivity (Wildman–Crippen MR) is 94.2 cm³/mol. The van der Waals surface area contributed by atoms with Gasteiger partial charge < -0.3 is 10.6 Å². The molecule has 1 heterocycles. The minimum atomic E-state index is -0.449. The van der Waals surface area contributed by atoms with Gasteiger partial charge in [0.25, 0.3) is 11.8 Å². The van der Waals surface area contributed by atoms with Crippen molar-refractivity contribution in [1.82, 2.24) is 10.3 Å². The molecular weight excluding hydrogens is 373 g/mol. The monoisotopic (exact) mass is 383 g/mol. The zero-order chi connectivity index (χ0) is 17.3. The maximum atomic E-state index is 12.2. The van der Waals surface area contributed by atoms with Crippen molar-refractivity contribution < 1.29 is 9.59 Å². The first-order chi connectivity index (χ1) is 11.4. The van der Waals surface area contributed by atoms with Crippen molar-refractivity contribution in [2.24, 2.45) is 0 Å². The summed E-state index contributed by atoms with van der Waals surface area (Å²) in [6.45, 7) is 0. The van der Waals surface area contributed by atoms with Crippen molar-refractivity contribution in [2.75, 3.05) is 5.32 Å². The molecule has 1 aliphatic rings. The van der Waals surface area contributed by atoms with Crippen LogP contribution in [0.15, 0.2) is 30.3 Å². The normalized spacial score (nSPS) is 13.5. The van der Waals surface area contributed by atoms with E-state index < -0.39 is 5.91 Å². The van der Waals surface area contributed by atoms with Crippen LogP contribution in [-0.2, 0) is 0 Å². The third kappa shape index (κ3) is 3.98. The molecule has 1 fully saturated rings. The summed E-state index contributed by atoms with van der Waals surface area (Å²) < 4.78 is 0. The number of anilines is 1. The van der Waals surface area contributed by atoms with E-state index in [1.54, 1.807) is 12.1 Å². The van der Waals surface area contributed by atoms with Crippen molar-refractivity contribution in [1.29, 1.82) is 0 Å². The van der Waals surface area contributed by atoms with Crippen LogP contribution in [0, 0.1) is 0 Å². The van der Waals surface area contributed by atoms with E-state index >= 15 is 0 Å². The Morgan fingerprint density at radius 3 is 2.33 bits per heavy atom. The molecule has 1 aromatic carbocycles. The summed E-state index contributed by atoms with van der Waals surface area (Å²) in [6, 6.07) is 7.87. The summed E-state index contributed by atoms with van der Waals surface area (Å²) in [5.41, 5.74) is 1.000. The largest absolute Gasteiger partial charge is 0.349 e. The maximum absolute atomic E-state index is 12.2. The van der Waals surface area contributed by atoms with Crippen molar-refractivity contribution >= 4 is 52.3 Å². The van der Waals surface area contributed by atoms with Crippen LogP contribution in [0.4, 0.5) is 5.69 Å². The number of nitrogens with one attached hydrogen (secondary N) is 2. The Morgan fingerprint density at radius 2 is 1.71 bits per heavy atom. The summed E-state index contributed by atoms with van der Waals surface area (Å²) in [4.78, 5) is 28.1. The molecule has 24 heavy (non-hydrogen) atoms. The number of carbonyl (C=O) groups excluding carboxylic acids is 2. The van der Waals surface area contributed by atoms with Crippen LogP contribution in [0.25, 0.3) is 0 Å². The van der Waals surface area contributed by atoms with Crippen LogP contribution in [-0.4, -0.2) is 22.8 Å². The van der Waals surface area contributed by atoms with Gasteiger partial charge in [-0.05, 0) is 43.2 Å². The molecule has 8 heteroatoms. The third-order valence-corrected chi connectivity index (χ3v) is 4.25. The second-order valence-electron chi connectivity index (χ2n) is 5.37. The molecule has 0 unspecified atom stereocenters. The molecule has 124 valence electrons. The number of hydrogen-bond donors (Lipinski definition) is 2. The highest BCUT2D eigenvalue weighted by Crippen LogP contribution is 2.25. The van der Waals surface area contributed by atoms with Gasteiger partial charge in [0.2, 0.25) is 0 Å². The van der Waals surface area contributed by atoms with Crippen LogP contribution in [0.1, 0.15) is 33.6 Å². The van der Waals surface area contributed by atoms with Crippen molar-refractivity contribution in [3.8, 4) is 0 Å². The predicted octanol–water partition coefficient (Wildman–Crippen LogP) is 4.19. The van der Waals surface area contributed by atoms with Crippen molar-refractivity contribution in [2.45, 2.75) is 18.9 Å². The van der Waals surface area contributed by atoms with E-state index in [0.29, 0.717) is 11.3 Å². The SMILES string of the molecule is O=C(NC1CC1)c1ccc(NC(=O)c2ccc(Cl)nc2Cl)cc1Cl. The number of amides is 2. The summed E-state index contributed by atoms with van der Waals surface area (Å²) in [5, 5.41) is 5.98. The number of rotatable bonds is 4. The molecule has 2 amide bonds. The fourth-order valence-electron chi connectivity index (χ4n) is 2.05. The average Bonchev–Trinajstić information content (AvgIpc) is 3.30. The molecule has 0 radical (unpaired) electrons. The van der Waals surface area contributed by atoms with E-state index in [4.69, 9.17) is 34.8 Å². The Bertz CT molecular complexity index is 822. The minimum Gasteiger partial charge on any atom is -0.349 e. The first-order valence-corrected chi connectivity index (χ1v) is 8.31. The molecule has 1 saturated carbocycles. The molecule has 0 aliphatic heterocycles. The first kappa shape index (κ1) is 17.0. The van der Waals surface area contributed by atoms with Crippen LogP contribution < -0.4 is 10.6 Å². The Labute approximate surface area is 153 Å². The van der Waals surface area contributed by atoms with Gasteiger partial charge in [0, 0.05) is 11.7 Å². The van der Waals surface area contributed by atoms with Crippen LogP contribution >= 0.6 is 34.8 Å². The second-order valence-corrected chi connectivity index (χ2v) is 6.52. The van der Waals surface area contributed by atoms with E-state index in [9.17, 15) is 9.59 Å². The quantitative estimate of drug-likeness (QED) is 0.777. The van der Waals surface area contributed by atoms with Gasteiger partial charge in [0.05, 0.1) is 16.1 Å².